The summed E-state index contributed by atoms with van der Waals surface area (Å²) in [6.07, 6.45) is 1.37. The molecule has 0 bridgehead atoms. The highest BCUT2D eigenvalue weighted by Gasteiger charge is 2.22. The highest BCUT2D eigenvalue weighted by molar-refractivity contribution is 6.12. The first kappa shape index (κ1) is 14.1. The summed E-state index contributed by atoms with van der Waals surface area (Å²) in [5.74, 6) is -0.0112. The largest absolute Gasteiger partial charge is 0.442 e. The fourth-order valence-corrected chi connectivity index (χ4v) is 2.38. The van der Waals surface area contributed by atoms with Crippen molar-refractivity contribution in [2.45, 2.75) is 13.8 Å². The van der Waals surface area contributed by atoms with E-state index in [0.29, 0.717) is 11.4 Å². The second-order valence-corrected chi connectivity index (χ2v) is 5.20. The van der Waals surface area contributed by atoms with Crippen LogP contribution in [0.4, 0.5) is 5.69 Å². The van der Waals surface area contributed by atoms with Gasteiger partial charge >= 0.3 is 0 Å². The Kier molecular flexibility index (Phi) is 3.29. The van der Waals surface area contributed by atoms with E-state index in [-0.39, 0.29) is 28.1 Å². The first-order valence-corrected chi connectivity index (χ1v) is 6.80. The van der Waals surface area contributed by atoms with E-state index in [4.69, 9.17) is 4.42 Å². The van der Waals surface area contributed by atoms with Crippen LogP contribution in [-0.2, 0) is 7.05 Å². The summed E-state index contributed by atoms with van der Waals surface area (Å²) in [6, 6.07) is 7.43. The zero-order valence-corrected chi connectivity index (χ0v) is 12.5. The Morgan fingerprint density at radius 1 is 1.32 bits per heavy atom. The molecule has 3 rings (SSSR count). The summed E-state index contributed by atoms with van der Waals surface area (Å²) in [5.41, 5.74) is 1.79. The van der Waals surface area contributed by atoms with Gasteiger partial charge in [-0.3, -0.25) is 9.59 Å². The van der Waals surface area contributed by atoms with Crippen molar-refractivity contribution in [1.82, 2.24) is 9.55 Å². The number of rotatable bonds is 2. The highest BCUT2D eigenvalue weighted by atomic mass is 16.3. The summed E-state index contributed by atoms with van der Waals surface area (Å²) < 4.78 is 6.75. The number of aryl methyl sites for hydroxylation is 3. The van der Waals surface area contributed by atoms with E-state index in [1.165, 1.54) is 10.9 Å². The summed E-state index contributed by atoms with van der Waals surface area (Å²) in [4.78, 5) is 28.8. The number of furan rings is 1. The zero-order chi connectivity index (χ0) is 15.9. The Morgan fingerprint density at radius 2 is 2.09 bits per heavy atom. The van der Waals surface area contributed by atoms with Crippen LogP contribution in [0.1, 0.15) is 21.7 Å². The van der Waals surface area contributed by atoms with Crippen molar-refractivity contribution in [3.8, 4) is 0 Å². The molecule has 0 saturated heterocycles. The van der Waals surface area contributed by atoms with Gasteiger partial charge in [0.2, 0.25) is 5.71 Å². The molecule has 0 aliphatic rings. The highest BCUT2D eigenvalue weighted by Crippen LogP contribution is 2.22. The number of benzene rings is 1. The maximum Gasteiger partial charge on any atom is 0.265 e. The molecule has 0 atom stereocenters. The summed E-state index contributed by atoms with van der Waals surface area (Å²) >= 11 is 0. The molecule has 3 aromatic rings. The van der Waals surface area contributed by atoms with Crippen LogP contribution >= 0.6 is 0 Å². The molecule has 2 heterocycles. The number of anilines is 1. The van der Waals surface area contributed by atoms with Gasteiger partial charge < -0.3 is 14.3 Å². The molecule has 1 aromatic carbocycles. The topological polar surface area (TPSA) is 77.1 Å². The molecule has 0 saturated carbocycles. The van der Waals surface area contributed by atoms with Gasteiger partial charge in [0, 0.05) is 12.7 Å². The first-order valence-electron chi connectivity index (χ1n) is 6.80. The van der Waals surface area contributed by atoms with Gasteiger partial charge in [-0.25, -0.2) is 4.98 Å². The molecule has 1 N–H and O–H groups in total. The van der Waals surface area contributed by atoms with E-state index in [9.17, 15) is 9.59 Å². The van der Waals surface area contributed by atoms with E-state index < -0.39 is 0 Å². The van der Waals surface area contributed by atoms with Crippen LogP contribution < -0.4 is 10.9 Å². The monoisotopic (exact) mass is 297 g/mol. The van der Waals surface area contributed by atoms with Crippen molar-refractivity contribution < 1.29 is 9.21 Å². The lowest BCUT2D eigenvalue weighted by atomic mass is 10.1. The van der Waals surface area contributed by atoms with Gasteiger partial charge in [-0.15, -0.1) is 0 Å². The molecule has 1 amide bonds. The van der Waals surface area contributed by atoms with E-state index >= 15 is 0 Å². The van der Waals surface area contributed by atoms with Crippen LogP contribution in [-0.4, -0.2) is 15.5 Å². The van der Waals surface area contributed by atoms with Crippen molar-refractivity contribution in [3.05, 3.63) is 57.8 Å². The number of hydrogen-bond acceptors (Lipinski definition) is 4. The third-order valence-electron chi connectivity index (χ3n) is 3.45. The predicted molar refractivity (Wildman–Crippen MR) is 83.1 cm³/mol. The Bertz CT molecular complexity index is 937. The summed E-state index contributed by atoms with van der Waals surface area (Å²) in [7, 11) is 1.58. The average molecular weight is 297 g/mol. The van der Waals surface area contributed by atoms with E-state index in [2.05, 4.69) is 10.3 Å². The van der Waals surface area contributed by atoms with Gasteiger partial charge in [-0.1, -0.05) is 12.1 Å². The van der Waals surface area contributed by atoms with Crippen molar-refractivity contribution >= 4 is 22.7 Å². The van der Waals surface area contributed by atoms with Gasteiger partial charge in [0.05, 0.1) is 5.56 Å². The third kappa shape index (κ3) is 2.28. The predicted octanol–water partition coefficient (Wildman–Crippen LogP) is 2.40. The van der Waals surface area contributed by atoms with Gasteiger partial charge in [-0.2, -0.15) is 0 Å². The molecule has 22 heavy (non-hydrogen) atoms. The zero-order valence-electron chi connectivity index (χ0n) is 12.5. The molecule has 2 aromatic heterocycles. The van der Waals surface area contributed by atoms with Crippen LogP contribution in [0.3, 0.4) is 0 Å². The van der Waals surface area contributed by atoms with Crippen LogP contribution in [0.15, 0.2) is 39.8 Å². The number of nitrogens with zero attached hydrogens (tertiary/aromatic N) is 2. The quantitative estimate of drug-likeness (QED) is 0.788. The van der Waals surface area contributed by atoms with E-state index in [0.717, 1.165) is 5.56 Å². The molecule has 0 fully saturated rings. The molecule has 0 radical (unpaired) electrons. The average Bonchev–Trinajstić information content (AvgIpc) is 2.80. The molecule has 0 aliphatic carbocycles. The van der Waals surface area contributed by atoms with Crippen LogP contribution in [0.5, 0.6) is 0 Å². The lowest BCUT2D eigenvalue weighted by Crippen LogP contribution is -2.20. The maximum atomic E-state index is 12.5. The number of fused-ring (bicyclic) bond motifs is 1. The third-order valence-corrected chi connectivity index (χ3v) is 3.45. The minimum Gasteiger partial charge on any atom is -0.442 e. The van der Waals surface area contributed by atoms with Crippen molar-refractivity contribution in [1.29, 1.82) is 0 Å². The molecule has 0 unspecified atom stereocenters. The van der Waals surface area contributed by atoms with Gasteiger partial charge in [0.15, 0.2) is 0 Å². The Morgan fingerprint density at radius 3 is 2.82 bits per heavy atom. The van der Waals surface area contributed by atoms with Gasteiger partial charge in [0.1, 0.15) is 17.5 Å². The van der Waals surface area contributed by atoms with Crippen LogP contribution in [0.25, 0.3) is 11.1 Å². The molecular weight excluding hydrogens is 282 g/mol. The fourth-order valence-electron chi connectivity index (χ4n) is 2.38. The Balaban J connectivity index is 2.10. The SMILES string of the molecule is Cc1cccc(NC(=O)c2c(C)oc3ncn(C)c(=O)c23)c1. The van der Waals surface area contributed by atoms with Crippen LogP contribution in [0.2, 0.25) is 0 Å². The normalized spacial score (nSPS) is 10.9. The van der Waals surface area contributed by atoms with Gasteiger partial charge in [-0.05, 0) is 31.5 Å². The summed E-state index contributed by atoms with van der Waals surface area (Å²) in [6.45, 7) is 3.58. The lowest BCUT2D eigenvalue weighted by Gasteiger charge is -2.05. The lowest BCUT2D eigenvalue weighted by molar-refractivity contribution is 0.102. The second-order valence-electron chi connectivity index (χ2n) is 5.20. The molecule has 0 aliphatic heterocycles. The first-order chi connectivity index (χ1) is 10.5. The molecular formula is C16H15N3O3. The smallest absolute Gasteiger partial charge is 0.265 e. The van der Waals surface area contributed by atoms with Crippen molar-refractivity contribution in [2.24, 2.45) is 7.05 Å². The molecule has 0 spiro atoms. The minimum atomic E-state index is -0.382. The van der Waals surface area contributed by atoms with Gasteiger partial charge in [0.25, 0.3) is 11.5 Å². The number of carbonyl (C=O) groups excluding carboxylic acids is 1. The van der Waals surface area contributed by atoms with E-state index in [1.54, 1.807) is 20.0 Å². The number of nitrogens with one attached hydrogen (secondary N) is 1. The Labute approximate surface area is 126 Å². The number of carbonyl (C=O) groups is 1. The van der Waals surface area contributed by atoms with Crippen LogP contribution in [0, 0.1) is 13.8 Å². The number of aromatic nitrogens is 2. The molecule has 112 valence electrons. The van der Waals surface area contributed by atoms with Crippen molar-refractivity contribution in [2.75, 3.05) is 5.32 Å². The van der Waals surface area contributed by atoms with E-state index in [1.807, 2.05) is 25.1 Å². The number of amides is 1. The molecule has 6 heteroatoms. The van der Waals surface area contributed by atoms with Crippen molar-refractivity contribution in [3.63, 3.8) is 0 Å². The minimum absolute atomic E-state index is 0.176. The Hall–Kier alpha value is -2.89. The number of hydrogen-bond donors (Lipinski definition) is 1. The molecule has 6 nitrogen and oxygen atoms in total. The fraction of sp³-hybridized carbons (Fsp3) is 0.188. The summed E-state index contributed by atoms with van der Waals surface area (Å²) in [5, 5.41) is 2.99. The standard InChI is InChI=1S/C16H15N3O3/c1-9-5-4-6-11(7-9)18-14(20)12-10(2)22-15-13(12)16(21)19(3)8-17-15/h4-8H,1-3H3,(H,18,20). The maximum absolute atomic E-state index is 12.5. The second kappa shape index (κ2) is 5.14.